The maximum absolute atomic E-state index is 11.8. The average molecular weight is 287 g/mol. The highest BCUT2D eigenvalue weighted by atomic mass is 16.6. The normalized spacial score (nSPS) is 20.3. The molecule has 1 amide bonds. The lowest BCUT2D eigenvalue weighted by atomic mass is 10.1. The number of alkyl carbamates (subject to hydrolysis) is 1. The van der Waals surface area contributed by atoms with E-state index in [9.17, 15) is 9.59 Å². The Morgan fingerprint density at radius 1 is 1.40 bits per heavy atom. The molecule has 6 nitrogen and oxygen atoms in total. The van der Waals surface area contributed by atoms with Crippen LogP contribution in [-0.2, 0) is 19.0 Å². The summed E-state index contributed by atoms with van der Waals surface area (Å²) >= 11 is 0. The quantitative estimate of drug-likeness (QED) is 0.783. The Kier molecular flexibility index (Phi) is 6.26. The zero-order chi connectivity index (χ0) is 15.2. The van der Waals surface area contributed by atoms with Crippen LogP contribution in [-0.4, -0.2) is 43.0 Å². The smallest absolute Gasteiger partial charge is 0.407 e. The van der Waals surface area contributed by atoms with Crippen molar-refractivity contribution in [1.82, 2.24) is 5.32 Å². The number of carbonyl (C=O) groups is 2. The zero-order valence-corrected chi connectivity index (χ0v) is 12.7. The molecule has 0 aliphatic carbocycles. The molecule has 0 aromatic heterocycles. The van der Waals surface area contributed by atoms with E-state index in [-0.39, 0.29) is 18.5 Å². The molecular formula is C14H25NO5. The molecule has 20 heavy (non-hydrogen) atoms. The summed E-state index contributed by atoms with van der Waals surface area (Å²) in [6.07, 6.45) is 1.15. The van der Waals surface area contributed by atoms with Gasteiger partial charge in [-0.1, -0.05) is 0 Å². The van der Waals surface area contributed by atoms with Crippen molar-refractivity contribution in [3.63, 3.8) is 0 Å². The highest BCUT2D eigenvalue weighted by molar-refractivity contribution is 5.73. The summed E-state index contributed by atoms with van der Waals surface area (Å²) in [6, 6.07) is -0.411. The molecule has 0 aromatic carbocycles. The minimum absolute atomic E-state index is 0.0950. The van der Waals surface area contributed by atoms with Gasteiger partial charge in [0, 0.05) is 6.61 Å². The maximum Gasteiger partial charge on any atom is 0.407 e. The largest absolute Gasteiger partial charge is 0.466 e. The van der Waals surface area contributed by atoms with Gasteiger partial charge in [0.25, 0.3) is 0 Å². The minimum Gasteiger partial charge on any atom is -0.466 e. The van der Waals surface area contributed by atoms with Crippen molar-refractivity contribution in [1.29, 1.82) is 0 Å². The molecule has 1 heterocycles. The van der Waals surface area contributed by atoms with Crippen LogP contribution in [0.3, 0.4) is 0 Å². The highest BCUT2D eigenvalue weighted by Crippen LogP contribution is 2.19. The lowest BCUT2D eigenvalue weighted by Gasteiger charge is -2.26. The number of hydrogen-bond donors (Lipinski definition) is 1. The zero-order valence-electron chi connectivity index (χ0n) is 12.7. The van der Waals surface area contributed by atoms with Crippen LogP contribution in [0.25, 0.3) is 0 Å². The number of ether oxygens (including phenoxy) is 3. The van der Waals surface area contributed by atoms with Crippen molar-refractivity contribution in [3.8, 4) is 0 Å². The SMILES string of the molecule is CCOC(=O)C[C@@H](NC(=O)OC(C)(C)C)C1CCCO1. The molecule has 0 bridgehead atoms. The fraction of sp³-hybridized carbons (Fsp3) is 0.857. The first-order valence-electron chi connectivity index (χ1n) is 7.08. The first-order valence-corrected chi connectivity index (χ1v) is 7.08. The highest BCUT2D eigenvalue weighted by Gasteiger charge is 2.31. The van der Waals surface area contributed by atoms with E-state index in [1.807, 2.05) is 0 Å². The van der Waals surface area contributed by atoms with Gasteiger partial charge in [-0.25, -0.2) is 4.79 Å². The van der Waals surface area contributed by atoms with E-state index >= 15 is 0 Å². The lowest BCUT2D eigenvalue weighted by molar-refractivity contribution is -0.144. The molecule has 0 radical (unpaired) electrons. The Hall–Kier alpha value is -1.30. The fourth-order valence-electron chi connectivity index (χ4n) is 2.05. The van der Waals surface area contributed by atoms with Crippen LogP contribution in [0.5, 0.6) is 0 Å². The van der Waals surface area contributed by atoms with Gasteiger partial charge in [0.15, 0.2) is 0 Å². The molecule has 0 spiro atoms. The summed E-state index contributed by atoms with van der Waals surface area (Å²) in [7, 11) is 0. The van der Waals surface area contributed by atoms with Gasteiger partial charge in [0.2, 0.25) is 0 Å². The molecule has 116 valence electrons. The van der Waals surface area contributed by atoms with Gasteiger partial charge in [0.1, 0.15) is 5.60 Å². The summed E-state index contributed by atoms with van der Waals surface area (Å²) in [5.41, 5.74) is -0.574. The Balaban J connectivity index is 2.57. The number of carbonyl (C=O) groups excluding carboxylic acids is 2. The van der Waals surface area contributed by atoms with Crippen LogP contribution in [0.1, 0.15) is 47.0 Å². The van der Waals surface area contributed by atoms with Gasteiger partial charge in [-0.3, -0.25) is 4.79 Å². The Labute approximate surface area is 120 Å². The van der Waals surface area contributed by atoms with Crippen LogP contribution < -0.4 is 5.32 Å². The fourth-order valence-corrected chi connectivity index (χ4v) is 2.05. The third kappa shape index (κ3) is 6.23. The summed E-state index contributed by atoms with van der Waals surface area (Å²) in [5.74, 6) is -0.343. The van der Waals surface area contributed by atoms with Crippen molar-refractivity contribution in [3.05, 3.63) is 0 Å². The molecule has 0 aromatic rings. The van der Waals surface area contributed by atoms with E-state index in [2.05, 4.69) is 5.32 Å². The van der Waals surface area contributed by atoms with E-state index in [0.29, 0.717) is 13.2 Å². The van der Waals surface area contributed by atoms with Crippen LogP contribution >= 0.6 is 0 Å². The van der Waals surface area contributed by atoms with Crippen molar-refractivity contribution < 1.29 is 23.8 Å². The molecular weight excluding hydrogens is 262 g/mol. The Morgan fingerprint density at radius 2 is 2.10 bits per heavy atom. The van der Waals surface area contributed by atoms with Gasteiger partial charge >= 0.3 is 12.1 Å². The van der Waals surface area contributed by atoms with Gasteiger partial charge in [-0.15, -0.1) is 0 Å². The predicted molar refractivity (Wildman–Crippen MR) is 73.4 cm³/mol. The molecule has 1 saturated heterocycles. The topological polar surface area (TPSA) is 73.9 Å². The second-order valence-electron chi connectivity index (χ2n) is 5.81. The van der Waals surface area contributed by atoms with Gasteiger partial charge in [-0.05, 0) is 40.5 Å². The van der Waals surface area contributed by atoms with Crippen molar-refractivity contribution in [2.45, 2.75) is 64.7 Å². The number of rotatable bonds is 5. The predicted octanol–water partition coefficient (Wildman–Crippen LogP) is 2.01. The first kappa shape index (κ1) is 16.8. The molecule has 1 unspecified atom stereocenters. The number of amides is 1. The standard InChI is InChI=1S/C14H25NO5/c1-5-18-12(16)9-10(11-7-6-8-19-11)15-13(17)20-14(2,3)4/h10-11H,5-9H2,1-4H3,(H,15,17)/t10-,11?/m1/s1. The number of nitrogens with one attached hydrogen (secondary N) is 1. The van der Waals surface area contributed by atoms with Crippen LogP contribution in [0.4, 0.5) is 4.79 Å². The summed E-state index contributed by atoms with van der Waals surface area (Å²) in [5, 5.41) is 2.72. The summed E-state index contributed by atoms with van der Waals surface area (Å²) in [4.78, 5) is 23.4. The molecule has 1 N–H and O–H groups in total. The average Bonchev–Trinajstić information content (AvgIpc) is 2.78. The monoisotopic (exact) mass is 287 g/mol. The molecule has 1 aliphatic heterocycles. The first-order chi connectivity index (χ1) is 9.31. The molecule has 1 fully saturated rings. The van der Waals surface area contributed by atoms with E-state index in [0.717, 1.165) is 12.8 Å². The van der Waals surface area contributed by atoms with Crippen molar-refractivity contribution >= 4 is 12.1 Å². The number of hydrogen-bond acceptors (Lipinski definition) is 5. The van der Waals surface area contributed by atoms with Crippen LogP contribution in [0.2, 0.25) is 0 Å². The van der Waals surface area contributed by atoms with E-state index in [1.54, 1.807) is 27.7 Å². The van der Waals surface area contributed by atoms with Gasteiger partial charge in [-0.2, -0.15) is 0 Å². The van der Waals surface area contributed by atoms with Gasteiger partial charge in [0.05, 0.1) is 25.2 Å². The second-order valence-corrected chi connectivity index (χ2v) is 5.81. The maximum atomic E-state index is 11.8. The molecule has 0 saturated carbocycles. The molecule has 1 rings (SSSR count). The van der Waals surface area contributed by atoms with E-state index < -0.39 is 17.7 Å². The Morgan fingerprint density at radius 3 is 2.60 bits per heavy atom. The Bertz CT molecular complexity index is 331. The van der Waals surface area contributed by atoms with Crippen LogP contribution in [0.15, 0.2) is 0 Å². The number of esters is 1. The second kappa shape index (κ2) is 7.47. The van der Waals surface area contributed by atoms with Crippen molar-refractivity contribution in [2.75, 3.05) is 13.2 Å². The summed E-state index contributed by atoms with van der Waals surface area (Å²) < 4.78 is 15.7. The molecule has 2 atom stereocenters. The molecule has 1 aliphatic rings. The van der Waals surface area contributed by atoms with Gasteiger partial charge < -0.3 is 19.5 Å². The third-order valence-corrected chi connectivity index (χ3v) is 2.81. The summed E-state index contributed by atoms with van der Waals surface area (Å²) in [6.45, 7) is 8.10. The lowest BCUT2D eigenvalue weighted by Crippen LogP contribution is -2.46. The van der Waals surface area contributed by atoms with Crippen LogP contribution in [0, 0.1) is 0 Å². The van der Waals surface area contributed by atoms with E-state index in [1.165, 1.54) is 0 Å². The third-order valence-electron chi connectivity index (χ3n) is 2.81. The van der Waals surface area contributed by atoms with E-state index in [4.69, 9.17) is 14.2 Å². The molecule has 6 heteroatoms. The minimum atomic E-state index is -0.574. The van der Waals surface area contributed by atoms with Crippen molar-refractivity contribution in [2.24, 2.45) is 0 Å².